The topological polar surface area (TPSA) is 148 Å². The van der Waals surface area contributed by atoms with Crippen LogP contribution in [0.5, 0.6) is 0 Å². The minimum absolute atomic E-state index is 0.00666. The van der Waals surface area contributed by atoms with Gasteiger partial charge in [0.05, 0.1) is 17.9 Å². The number of pyridine rings is 1. The number of nitrogens with one attached hydrogen (secondary N) is 3. The molecule has 0 radical (unpaired) electrons. The van der Waals surface area contributed by atoms with Gasteiger partial charge in [0.25, 0.3) is 11.8 Å². The highest BCUT2D eigenvalue weighted by molar-refractivity contribution is 7.13. The summed E-state index contributed by atoms with van der Waals surface area (Å²) in [5.41, 5.74) is 2.37. The van der Waals surface area contributed by atoms with E-state index in [1.807, 2.05) is 13.0 Å². The third-order valence-electron chi connectivity index (χ3n) is 5.44. The number of rotatable bonds is 7. The number of thiazole rings is 1. The predicted molar refractivity (Wildman–Crippen MR) is 146 cm³/mol. The van der Waals surface area contributed by atoms with E-state index in [1.54, 1.807) is 31.5 Å². The van der Waals surface area contributed by atoms with Gasteiger partial charge in [-0.15, -0.1) is 16.4 Å². The maximum absolute atomic E-state index is 12.9. The van der Waals surface area contributed by atoms with Gasteiger partial charge in [-0.3, -0.25) is 14.6 Å². The quantitative estimate of drug-likeness (QED) is 0.292. The van der Waals surface area contributed by atoms with Crippen molar-refractivity contribution in [2.45, 2.75) is 46.1 Å². The molecule has 196 valence electrons. The zero-order chi connectivity index (χ0) is 27.4. The maximum Gasteiger partial charge on any atom is 0.272 e. The van der Waals surface area contributed by atoms with E-state index in [0.717, 1.165) is 22.6 Å². The van der Waals surface area contributed by atoms with Gasteiger partial charge in [-0.1, -0.05) is 32.4 Å². The summed E-state index contributed by atoms with van der Waals surface area (Å²) in [6.45, 7) is 9.85. The van der Waals surface area contributed by atoms with E-state index in [0.29, 0.717) is 21.4 Å². The summed E-state index contributed by atoms with van der Waals surface area (Å²) in [5, 5.41) is 17.5. The summed E-state index contributed by atoms with van der Waals surface area (Å²) in [4.78, 5) is 42.6. The number of amides is 2. The molecule has 0 aliphatic rings. The Morgan fingerprint density at radius 3 is 2.50 bits per heavy atom. The van der Waals surface area contributed by atoms with Gasteiger partial charge < -0.3 is 16.0 Å². The van der Waals surface area contributed by atoms with Crippen LogP contribution in [0.1, 0.15) is 70.2 Å². The molecule has 0 aliphatic heterocycles. The van der Waals surface area contributed by atoms with Crippen LogP contribution < -0.4 is 16.0 Å². The summed E-state index contributed by atoms with van der Waals surface area (Å²) in [7, 11) is 0. The average molecular weight is 552 g/mol. The van der Waals surface area contributed by atoms with Crippen LogP contribution in [0.3, 0.4) is 0 Å². The van der Waals surface area contributed by atoms with Crippen molar-refractivity contribution in [3.8, 4) is 0 Å². The Balaban J connectivity index is 1.43. The summed E-state index contributed by atoms with van der Waals surface area (Å²) in [6.07, 6.45) is 5.94. The fourth-order valence-corrected chi connectivity index (χ4v) is 4.60. The second-order valence-corrected chi connectivity index (χ2v) is 10.9. The fourth-order valence-electron chi connectivity index (χ4n) is 3.56. The molecule has 4 heterocycles. The van der Waals surface area contributed by atoms with E-state index in [1.165, 1.54) is 12.5 Å². The second-order valence-electron chi connectivity index (χ2n) is 9.44. The van der Waals surface area contributed by atoms with Gasteiger partial charge in [0.1, 0.15) is 21.2 Å². The van der Waals surface area contributed by atoms with Gasteiger partial charge in [0.15, 0.2) is 17.3 Å². The van der Waals surface area contributed by atoms with Crippen molar-refractivity contribution in [3.05, 3.63) is 75.0 Å². The van der Waals surface area contributed by atoms with E-state index in [4.69, 9.17) is 11.6 Å². The Morgan fingerprint density at radius 1 is 1.05 bits per heavy atom. The van der Waals surface area contributed by atoms with Crippen LogP contribution in [0.2, 0.25) is 5.02 Å². The second kappa shape index (κ2) is 11.2. The highest BCUT2D eigenvalue weighted by Gasteiger charge is 2.23. The molecule has 13 heteroatoms. The van der Waals surface area contributed by atoms with Crippen molar-refractivity contribution in [2.24, 2.45) is 0 Å². The number of aryl methyl sites for hydroxylation is 1. The summed E-state index contributed by atoms with van der Waals surface area (Å²) < 4.78 is 0. The van der Waals surface area contributed by atoms with Gasteiger partial charge in [-0.2, -0.15) is 5.10 Å². The molecular weight excluding hydrogens is 526 g/mol. The van der Waals surface area contributed by atoms with E-state index in [9.17, 15) is 9.59 Å². The SMILES string of the molecule is Cc1nnc(NC(=O)c2cnc(C(C)NC(=O)c3ncnc(Nc4ccncc4)c3Cl)s2)cc1C(C)(C)C. The summed E-state index contributed by atoms with van der Waals surface area (Å²) in [5.74, 6) is -0.228. The van der Waals surface area contributed by atoms with Crippen LogP contribution in [0, 0.1) is 6.92 Å². The molecule has 0 aromatic carbocycles. The lowest BCUT2D eigenvalue weighted by atomic mass is 9.86. The first-order chi connectivity index (χ1) is 18.0. The molecule has 1 atom stereocenters. The standard InChI is InChI=1S/C25H26ClN9O2S/c1-13-16(25(3,4)5)10-18(35-34-13)33-22(36)17-11-28-24(38-17)14(2)31-23(37)20-19(26)21(30-12-29-20)32-15-6-8-27-9-7-15/h6-12,14H,1-5H3,(H,31,37)(H,33,35,36)(H,27,29,30,32). The third-order valence-corrected chi connectivity index (χ3v) is 6.98. The first-order valence-corrected chi connectivity index (χ1v) is 12.8. The van der Waals surface area contributed by atoms with Gasteiger partial charge >= 0.3 is 0 Å². The Morgan fingerprint density at radius 2 is 1.79 bits per heavy atom. The van der Waals surface area contributed by atoms with Crippen LogP contribution in [0.25, 0.3) is 0 Å². The van der Waals surface area contributed by atoms with Crippen LogP contribution in [0.4, 0.5) is 17.3 Å². The summed E-state index contributed by atoms with van der Waals surface area (Å²) in [6, 6.07) is 4.80. The molecule has 0 saturated heterocycles. The van der Waals surface area contributed by atoms with Crippen LogP contribution in [-0.4, -0.2) is 41.9 Å². The molecule has 0 spiro atoms. The van der Waals surface area contributed by atoms with E-state index < -0.39 is 11.9 Å². The summed E-state index contributed by atoms with van der Waals surface area (Å²) >= 11 is 7.57. The molecule has 4 aromatic heterocycles. The molecule has 11 nitrogen and oxygen atoms in total. The van der Waals surface area contributed by atoms with E-state index in [2.05, 4.69) is 66.9 Å². The largest absolute Gasteiger partial charge is 0.342 e. The molecule has 2 amide bonds. The first kappa shape index (κ1) is 27.0. The lowest BCUT2D eigenvalue weighted by molar-refractivity contribution is 0.0934. The van der Waals surface area contributed by atoms with Crippen molar-refractivity contribution in [3.63, 3.8) is 0 Å². The van der Waals surface area contributed by atoms with Crippen molar-refractivity contribution < 1.29 is 9.59 Å². The van der Waals surface area contributed by atoms with Crippen LogP contribution >= 0.6 is 22.9 Å². The van der Waals surface area contributed by atoms with E-state index >= 15 is 0 Å². The minimum atomic E-state index is -0.511. The molecule has 0 aliphatic carbocycles. The normalized spacial score (nSPS) is 12.1. The van der Waals surface area contributed by atoms with Gasteiger partial charge in [-0.05, 0) is 43.0 Å². The number of hydrogen-bond acceptors (Lipinski definition) is 10. The Hall–Kier alpha value is -4.03. The lowest BCUT2D eigenvalue weighted by Crippen LogP contribution is -2.28. The molecule has 0 bridgehead atoms. The number of anilines is 3. The zero-order valence-electron chi connectivity index (χ0n) is 21.4. The average Bonchev–Trinajstić information content (AvgIpc) is 3.37. The van der Waals surface area contributed by atoms with Crippen molar-refractivity contribution in [1.82, 2.24) is 35.5 Å². The maximum atomic E-state index is 12.9. The number of carbonyl (C=O) groups excluding carboxylic acids is 2. The lowest BCUT2D eigenvalue weighted by Gasteiger charge is -2.21. The highest BCUT2D eigenvalue weighted by atomic mass is 35.5. The van der Waals surface area contributed by atoms with Crippen molar-refractivity contribution in [2.75, 3.05) is 10.6 Å². The highest BCUT2D eigenvalue weighted by Crippen LogP contribution is 2.28. The minimum Gasteiger partial charge on any atom is -0.342 e. The third kappa shape index (κ3) is 6.26. The van der Waals surface area contributed by atoms with Gasteiger partial charge in [0, 0.05) is 18.1 Å². The number of nitrogens with zero attached hydrogens (tertiary/aromatic N) is 6. The zero-order valence-corrected chi connectivity index (χ0v) is 23.0. The number of hydrogen-bond donors (Lipinski definition) is 3. The van der Waals surface area contributed by atoms with Crippen LogP contribution in [0.15, 0.2) is 43.1 Å². The van der Waals surface area contributed by atoms with Crippen molar-refractivity contribution in [1.29, 1.82) is 0 Å². The Kier molecular flexibility index (Phi) is 7.93. The number of aromatic nitrogens is 6. The molecule has 0 saturated carbocycles. The van der Waals surface area contributed by atoms with E-state index in [-0.39, 0.29) is 27.9 Å². The molecule has 1 unspecified atom stereocenters. The smallest absolute Gasteiger partial charge is 0.272 e. The molecule has 38 heavy (non-hydrogen) atoms. The fraction of sp³-hybridized carbons (Fsp3) is 0.280. The van der Waals surface area contributed by atoms with Crippen molar-refractivity contribution >= 4 is 52.1 Å². The Labute approximate surface area is 228 Å². The molecular formula is C25H26ClN9O2S. The van der Waals surface area contributed by atoms with Gasteiger partial charge in [0.2, 0.25) is 0 Å². The number of carbonyl (C=O) groups is 2. The first-order valence-electron chi connectivity index (χ1n) is 11.6. The Bertz CT molecular complexity index is 1470. The number of halogens is 1. The molecule has 4 rings (SSSR count). The molecule has 4 aromatic rings. The monoisotopic (exact) mass is 551 g/mol. The molecule has 3 N–H and O–H groups in total. The predicted octanol–water partition coefficient (Wildman–Crippen LogP) is 4.86. The molecule has 0 fully saturated rings. The van der Waals surface area contributed by atoms with Gasteiger partial charge in [-0.25, -0.2) is 15.0 Å². The van der Waals surface area contributed by atoms with Crippen LogP contribution in [-0.2, 0) is 5.41 Å².